The zero-order valence-corrected chi connectivity index (χ0v) is 12.3. The molecular formula is C14H19ClN4O. The second kappa shape index (κ2) is 5.66. The monoisotopic (exact) mass is 294 g/mol. The Morgan fingerprint density at radius 1 is 1.40 bits per heavy atom. The van der Waals surface area contributed by atoms with Crippen LogP contribution < -0.4 is 10.6 Å². The minimum absolute atomic E-state index is 0.0546. The highest BCUT2D eigenvalue weighted by molar-refractivity contribution is 6.29. The molecule has 0 bridgehead atoms. The Morgan fingerprint density at radius 2 is 2.20 bits per heavy atom. The predicted octanol–water partition coefficient (Wildman–Crippen LogP) is 2.30. The van der Waals surface area contributed by atoms with Gasteiger partial charge in [0.25, 0.3) is 0 Å². The molecule has 1 amide bonds. The van der Waals surface area contributed by atoms with Crippen molar-refractivity contribution in [1.82, 2.24) is 15.3 Å². The van der Waals surface area contributed by atoms with Crippen LogP contribution in [0.5, 0.6) is 0 Å². The van der Waals surface area contributed by atoms with E-state index in [-0.39, 0.29) is 17.9 Å². The largest absolute Gasteiger partial charge is 0.303 e. The summed E-state index contributed by atoms with van der Waals surface area (Å²) in [6, 6.07) is 2.03. The van der Waals surface area contributed by atoms with Gasteiger partial charge in [-0.1, -0.05) is 24.4 Å². The summed E-state index contributed by atoms with van der Waals surface area (Å²) < 4.78 is 0. The number of aryl methyl sites for hydroxylation is 1. The van der Waals surface area contributed by atoms with Crippen molar-refractivity contribution in [1.29, 1.82) is 0 Å². The molecule has 6 heteroatoms. The van der Waals surface area contributed by atoms with Gasteiger partial charge in [0.05, 0.1) is 6.04 Å². The molecule has 2 N–H and O–H groups in total. The number of hydrogen-bond acceptors (Lipinski definition) is 4. The van der Waals surface area contributed by atoms with Crippen LogP contribution in [0.15, 0.2) is 6.07 Å². The highest BCUT2D eigenvalue weighted by Gasteiger charge is 2.38. The first-order valence-corrected chi connectivity index (χ1v) is 7.58. The van der Waals surface area contributed by atoms with Gasteiger partial charge in [0.2, 0.25) is 11.9 Å². The van der Waals surface area contributed by atoms with E-state index < -0.39 is 0 Å². The lowest BCUT2D eigenvalue weighted by Gasteiger charge is -2.24. The van der Waals surface area contributed by atoms with Crippen molar-refractivity contribution >= 4 is 23.5 Å². The van der Waals surface area contributed by atoms with Gasteiger partial charge in [0.1, 0.15) is 5.15 Å². The van der Waals surface area contributed by atoms with Crippen molar-refractivity contribution in [2.24, 2.45) is 5.92 Å². The van der Waals surface area contributed by atoms with Crippen LogP contribution in [-0.4, -0.2) is 28.0 Å². The summed E-state index contributed by atoms with van der Waals surface area (Å²) in [6.45, 7) is 1.82. The van der Waals surface area contributed by atoms with Gasteiger partial charge in [-0.2, -0.15) is 0 Å². The molecule has 3 rings (SSSR count). The molecule has 0 radical (unpaired) electrons. The summed E-state index contributed by atoms with van der Waals surface area (Å²) in [5.74, 6) is 0.874. The van der Waals surface area contributed by atoms with Gasteiger partial charge in [-0.05, 0) is 38.2 Å². The highest BCUT2D eigenvalue weighted by atomic mass is 35.5. The van der Waals surface area contributed by atoms with Gasteiger partial charge >= 0.3 is 0 Å². The topological polar surface area (TPSA) is 66.9 Å². The number of nitrogens with one attached hydrogen (secondary N) is 2. The number of hydrogen-bond donors (Lipinski definition) is 2. The van der Waals surface area contributed by atoms with E-state index in [0.717, 1.165) is 12.1 Å². The normalized spacial score (nSPS) is 29.0. The highest BCUT2D eigenvalue weighted by Crippen LogP contribution is 2.33. The smallest absolute Gasteiger partial charge is 0.243 e. The van der Waals surface area contributed by atoms with Crippen LogP contribution in [-0.2, 0) is 4.79 Å². The Bertz CT molecular complexity index is 488. The maximum Gasteiger partial charge on any atom is 0.243 e. The number of fused-ring (bicyclic) bond motifs is 1. The van der Waals surface area contributed by atoms with Crippen molar-refractivity contribution in [3.8, 4) is 0 Å². The van der Waals surface area contributed by atoms with E-state index in [4.69, 9.17) is 11.6 Å². The van der Waals surface area contributed by atoms with E-state index in [1.807, 2.05) is 6.92 Å². The third-order valence-corrected chi connectivity index (χ3v) is 4.43. The number of anilines is 1. The van der Waals surface area contributed by atoms with Gasteiger partial charge in [-0.25, -0.2) is 9.97 Å². The molecule has 20 heavy (non-hydrogen) atoms. The van der Waals surface area contributed by atoms with Crippen LogP contribution in [0.3, 0.4) is 0 Å². The number of halogens is 1. The fraction of sp³-hybridized carbons (Fsp3) is 0.643. The standard InChI is InChI=1S/C14H19ClN4O/c1-8-6-12(15)18-14(16-8)19-13(20)11-7-9-4-2-3-5-10(9)17-11/h6,9-11,17H,2-5,7H2,1H3,(H,16,18,19,20). The average molecular weight is 295 g/mol. The molecule has 1 aromatic rings. The lowest BCUT2D eigenvalue weighted by molar-refractivity contribution is -0.117. The summed E-state index contributed by atoms with van der Waals surface area (Å²) in [5.41, 5.74) is 0.744. The zero-order valence-electron chi connectivity index (χ0n) is 11.5. The predicted molar refractivity (Wildman–Crippen MR) is 77.7 cm³/mol. The number of carbonyl (C=O) groups is 1. The second-order valence-electron chi connectivity index (χ2n) is 5.75. The van der Waals surface area contributed by atoms with Gasteiger partial charge in [-0.3, -0.25) is 10.1 Å². The van der Waals surface area contributed by atoms with Crippen LogP contribution in [0.25, 0.3) is 0 Å². The van der Waals surface area contributed by atoms with E-state index >= 15 is 0 Å². The van der Waals surface area contributed by atoms with Crippen molar-refractivity contribution in [2.45, 2.75) is 51.1 Å². The fourth-order valence-corrected chi connectivity index (χ4v) is 3.54. The van der Waals surface area contributed by atoms with E-state index in [1.54, 1.807) is 6.07 Å². The van der Waals surface area contributed by atoms with Crippen LogP contribution >= 0.6 is 11.6 Å². The summed E-state index contributed by atoms with van der Waals surface area (Å²) in [4.78, 5) is 20.5. The number of amides is 1. The first-order valence-electron chi connectivity index (χ1n) is 7.20. The third kappa shape index (κ3) is 2.94. The molecule has 2 heterocycles. The molecule has 1 aliphatic heterocycles. The zero-order chi connectivity index (χ0) is 14.1. The molecule has 3 atom stereocenters. The van der Waals surface area contributed by atoms with E-state index in [2.05, 4.69) is 20.6 Å². The lowest BCUT2D eigenvalue weighted by atomic mass is 9.85. The lowest BCUT2D eigenvalue weighted by Crippen LogP contribution is -2.40. The van der Waals surface area contributed by atoms with E-state index in [1.165, 1.54) is 25.7 Å². The van der Waals surface area contributed by atoms with Crippen LogP contribution in [0.2, 0.25) is 5.15 Å². The number of carbonyl (C=O) groups excluding carboxylic acids is 1. The number of nitrogens with zero attached hydrogens (tertiary/aromatic N) is 2. The average Bonchev–Trinajstić information content (AvgIpc) is 2.81. The molecule has 2 fully saturated rings. The third-order valence-electron chi connectivity index (χ3n) is 4.24. The molecule has 3 unspecified atom stereocenters. The van der Waals surface area contributed by atoms with E-state index in [0.29, 0.717) is 17.1 Å². The molecule has 0 aromatic carbocycles. The molecule has 108 valence electrons. The number of rotatable bonds is 2. The quantitative estimate of drug-likeness (QED) is 0.821. The van der Waals surface area contributed by atoms with Crippen molar-refractivity contribution in [3.63, 3.8) is 0 Å². The van der Waals surface area contributed by atoms with Crippen molar-refractivity contribution in [2.75, 3.05) is 5.32 Å². The first kappa shape index (κ1) is 13.8. The molecule has 2 aliphatic rings. The van der Waals surface area contributed by atoms with Gasteiger partial charge in [0.15, 0.2) is 0 Å². The van der Waals surface area contributed by atoms with Crippen LogP contribution in [0.4, 0.5) is 5.95 Å². The minimum Gasteiger partial charge on any atom is -0.303 e. The molecule has 1 aliphatic carbocycles. The summed E-state index contributed by atoms with van der Waals surface area (Å²) in [5, 5.41) is 6.56. The van der Waals surface area contributed by atoms with Crippen molar-refractivity contribution in [3.05, 3.63) is 16.9 Å². The van der Waals surface area contributed by atoms with Crippen LogP contribution in [0, 0.1) is 12.8 Å². The Kier molecular flexibility index (Phi) is 3.89. The van der Waals surface area contributed by atoms with Crippen molar-refractivity contribution < 1.29 is 4.79 Å². The van der Waals surface area contributed by atoms with Gasteiger partial charge in [0, 0.05) is 11.7 Å². The molecule has 5 nitrogen and oxygen atoms in total. The molecule has 0 spiro atoms. The van der Waals surface area contributed by atoms with E-state index in [9.17, 15) is 4.79 Å². The minimum atomic E-state index is -0.133. The molecular weight excluding hydrogens is 276 g/mol. The molecule has 1 aromatic heterocycles. The molecule has 1 saturated heterocycles. The Hall–Kier alpha value is -1.20. The Morgan fingerprint density at radius 3 is 2.95 bits per heavy atom. The van der Waals surface area contributed by atoms with Gasteiger partial charge in [-0.15, -0.1) is 0 Å². The van der Waals surface area contributed by atoms with Gasteiger partial charge < -0.3 is 5.32 Å². The maximum absolute atomic E-state index is 12.3. The summed E-state index contributed by atoms with van der Waals surface area (Å²) >= 11 is 5.87. The maximum atomic E-state index is 12.3. The Balaban J connectivity index is 1.64. The summed E-state index contributed by atoms with van der Waals surface area (Å²) in [6.07, 6.45) is 5.87. The number of aromatic nitrogens is 2. The fourth-order valence-electron chi connectivity index (χ4n) is 3.30. The Labute approximate surface area is 123 Å². The molecule has 1 saturated carbocycles. The SMILES string of the molecule is Cc1cc(Cl)nc(NC(=O)C2CC3CCCCC3N2)n1. The van der Waals surface area contributed by atoms with Crippen LogP contribution in [0.1, 0.15) is 37.8 Å². The second-order valence-corrected chi connectivity index (χ2v) is 6.14. The summed E-state index contributed by atoms with van der Waals surface area (Å²) in [7, 11) is 0. The first-order chi connectivity index (χ1) is 9.61.